The zero-order valence-electron chi connectivity index (χ0n) is 12.5. The van der Waals surface area contributed by atoms with E-state index in [0.29, 0.717) is 0 Å². The number of amides is 1. The molecule has 0 heterocycles. The third-order valence-corrected chi connectivity index (χ3v) is 3.18. The van der Waals surface area contributed by atoms with Gasteiger partial charge in [-0.2, -0.15) is 0 Å². The van der Waals surface area contributed by atoms with Crippen molar-refractivity contribution in [3.63, 3.8) is 0 Å². The summed E-state index contributed by atoms with van der Waals surface area (Å²) in [5.41, 5.74) is 1.96. The largest absolute Gasteiger partial charge is 0.347 e. The Balaban J connectivity index is 1.93. The zero-order chi connectivity index (χ0) is 15.1. The third-order valence-electron chi connectivity index (χ3n) is 3.18. The van der Waals surface area contributed by atoms with Gasteiger partial charge in [-0.1, -0.05) is 60.7 Å². The van der Waals surface area contributed by atoms with Gasteiger partial charge in [0.05, 0.1) is 0 Å². The van der Waals surface area contributed by atoms with Gasteiger partial charge in [0.2, 0.25) is 5.91 Å². The molecule has 0 aliphatic rings. The van der Waals surface area contributed by atoms with Gasteiger partial charge in [-0.05, 0) is 37.5 Å². The maximum Gasteiger partial charge on any atom is 0.244 e. The van der Waals surface area contributed by atoms with Crippen LogP contribution in [0.5, 0.6) is 0 Å². The Morgan fingerprint density at radius 1 is 1.00 bits per heavy atom. The van der Waals surface area contributed by atoms with Crippen molar-refractivity contribution >= 4 is 12.0 Å². The molecule has 2 aromatic carbocycles. The molecule has 0 bridgehead atoms. The van der Waals surface area contributed by atoms with Gasteiger partial charge in [-0.25, -0.2) is 0 Å². The third kappa shape index (κ3) is 5.27. The van der Waals surface area contributed by atoms with Crippen LogP contribution in [0.4, 0.5) is 0 Å². The second-order valence-corrected chi connectivity index (χ2v) is 5.78. The van der Waals surface area contributed by atoms with Crippen LogP contribution in [0.15, 0.2) is 66.7 Å². The van der Waals surface area contributed by atoms with E-state index in [0.717, 1.165) is 12.0 Å². The summed E-state index contributed by atoms with van der Waals surface area (Å²) < 4.78 is 0. The fourth-order valence-electron chi connectivity index (χ4n) is 2.26. The molecule has 2 nitrogen and oxygen atoms in total. The summed E-state index contributed by atoms with van der Waals surface area (Å²) in [6.45, 7) is 4.07. The van der Waals surface area contributed by atoms with Crippen molar-refractivity contribution < 1.29 is 4.79 Å². The maximum atomic E-state index is 12.0. The quantitative estimate of drug-likeness (QED) is 0.828. The molecule has 0 aliphatic heterocycles. The molecule has 0 aliphatic carbocycles. The van der Waals surface area contributed by atoms with Crippen LogP contribution in [0.25, 0.3) is 6.08 Å². The van der Waals surface area contributed by atoms with Gasteiger partial charge in [0, 0.05) is 11.6 Å². The van der Waals surface area contributed by atoms with Crippen molar-refractivity contribution in [3.05, 3.63) is 77.9 Å². The lowest BCUT2D eigenvalue weighted by Crippen LogP contribution is -2.44. The molecule has 21 heavy (non-hydrogen) atoms. The summed E-state index contributed by atoms with van der Waals surface area (Å²) >= 11 is 0. The summed E-state index contributed by atoms with van der Waals surface area (Å²) in [5.74, 6) is -0.0696. The minimum absolute atomic E-state index is 0.0696. The molecular formula is C19H21NO. The van der Waals surface area contributed by atoms with Crippen LogP contribution in [0.2, 0.25) is 0 Å². The van der Waals surface area contributed by atoms with E-state index in [4.69, 9.17) is 0 Å². The fraction of sp³-hybridized carbons (Fsp3) is 0.211. The summed E-state index contributed by atoms with van der Waals surface area (Å²) in [4.78, 5) is 12.0. The number of carbonyl (C=O) groups is 1. The van der Waals surface area contributed by atoms with Gasteiger partial charge < -0.3 is 5.32 Å². The number of hydrogen-bond acceptors (Lipinski definition) is 1. The molecule has 0 saturated heterocycles. The average Bonchev–Trinajstić information content (AvgIpc) is 2.46. The van der Waals surface area contributed by atoms with E-state index in [1.54, 1.807) is 6.08 Å². The molecule has 0 unspecified atom stereocenters. The number of nitrogens with one attached hydrogen (secondary N) is 1. The van der Waals surface area contributed by atoms with Crippen LogP contribution < -0.4 is 5.32 Å². The number of carbonyl (C=O) groups excluding carboxylic acids is 1. The Morgan fingerprint density at radius 3 is 2.19 bits per heavy atom. The molecule has 2 rings (SSSR count). The molecule has 0 saturated carbocycles. The first-order valence-corrected chi connectivity index (χ1v) is 7.14. The lowest BCUT2D eigenvalue weighted by atomic mass is 9.95. The van der Waals surface area contributed by atoms with Crippen LogP contribution in [-0.4, -0.2) is 11.4 Å². The Bertz CT molecular complexity index is 600. The smallest absolute Gasteiger partial charge is 0.244 e. The van der Waals surface area contributed by atoms with Crippen molar-refractivity contribution in [2.75, 3.05) is 0 Å². The second-order valence-electron chi connectivity index (χ2n) is 5.78. The summed E-state index contributed by atoms with van der Waals surface area (Å²) in [6, 6.07) is 20.0. The van der Waals surface area contributed by atoms with Gasteiger partial charge in [-0.3, -0.25) is 4.79 Å². The Kier molecular flexibility index (Phi) is 4.94. The highest BCUT2D eigenvalue weighted by Crippen LogP contribution is 2.12. The van der Waals surface area contributed by atoms with E-state index in [2.05, 4.69) is 17.4 Å². The highest BCUT2D eigenvalue weighted by molar-refractivity contribution is 5.92. The Morgan fingerprint density at radius 2 is 1.57 bits per heavy atom. The van der Waals surface area contributed by atoms with Gasteiger partial charge in [0.25, 0.3) is 0 Å². The fourth-order valence-corrected chi connectivity index (χ4v) is 2.26. The van der Waals surface area contributed by atoms with E-state index in [-0.39, 0.29) is 11.4 Å². The standard InChI is InChI=1S/C19H21NO/c1-19(2,15-17-11-7-4-8-12-17)20-18(21)14-13-16-9-5-3-6-10-16/h3-14H,15H2,1-2H3,(H,20,21)/b14-13+. The van der Waals surface area contributed by atoms with E-state index >= 15 is 0 Å². The molecule has 0 aromatic heterocycles. The molecule has 108 valence electrons. The van der Waals surface area contributed by atoms with Gasteiger partial charge in [0.15, 0.2) is 0 Å². The first-order chi connectivity index (χ1) is 10.1. The molecule has 2 heteroatoms. The molecule has 2 aromatic rings. The monoisotopic (exact) mass is 279 g/mol. The van der Waals surface area contributed by atoms with Gasteiger partial charge in [0.1, 0.15) is 0 Å². The predicted octanol–water partition coefficient (Wildman–Crippen LogP) is 3.84. The Hall–Kier alpha value is -2.35. The lowest BCUT2D eigenvalue weighted by molar-refractivity contribution is -0.117. The van der Waals surface area contributed by atoms with E-state index in [1.165, 1.54) is 5.56 Å². The van der Waals surface area contributed by atoms with E-state index in [9.17, 15) is 4.79 Å². The molecule has 0 atom stereocenters. The van der Waals surface area contributed by atoms with E-state index < -0.39 is 0 Å². The van der Waals surface area contributed by atoms with Crippen LogP contribution in [0.1, 0.15) is 25.0 Å². The zero-order valence-corrected chi connectivity index (χ0v) is 12.5. The number of benzene rings is 2. The highest BCUT2D eigenvalue weighted by atomic mass is 16.1. The predicted molar refractivity (Wildman–Crippen MR) is 87.8 cm³/mol. The first kappa shape index (κ1) is 15.0. The number of hydrogen-bond donors (Lipinski definition) is 1. The molecule has 0 radical (unpaired) electrons. The van der Waals surface area contributed by atoms with Crippen molar-refractivity contribution in [2.24, 2.45) is 0 Å². The van der Waals surface area contributed by atoms with Crippen molar-refractivity contribution in [1.29, 1.82) is 0 Å². The molecule has 0 spiro atoms. The van der Waals surface area contributed by atoms with Crippen molar-refractivity contribution in [2.45, 2.75) is 25.8 Å². The second kappa shape index (κ2) is 6.89. The summed E-state index contributed by atoms with van der Waals surface area (Å²) in [6.07, 6.45) is 4.22. The van der Waals surface area contributed by atoms with Crippen LogP contribution in [0, 0.1) is 0 Å². The minimum Gasteiger partial charge on any atom is -0.347 e. The van der Waals surface area contributed by atoms with Crippen LogP contribution in [0.3, 0.4) is 0 Å². The molecule has 1 N–H and O–H groups in total. The normalized spacial score (nSPS) is 11.5. The topological polar surface area (TPSA) is 29.1 Å². The summed E-state index contributed by atoms with van der Waals surface area (Å²) in [7, 11) is 0. The lowest BCUT2D eigenvalue weighted by Gasteiger charge is -2.25. The first-order valence-electron chi connectivity index (χ1n) is 7.14. The van der Waals surface area contributed by atoms with Crippen LogP contribution in [-0.2, 0) is 11.2 Å². The molecule has 0 fully saturated rings. The Labute approximate surface area is 126 Å². The van der Waals surface area contributed by atoms with Crippen LogP contribution >= 0.6 is 0 Å². The molecular weight excluding hydrogens is 258 g/mol. The molecule has 1 amide bonds. The van der Waals surface area contributed by atoms with Crippen molar-refractivity contribution in [3.8, 4) is 0 Å². The summed E-state index contributed by atoms with van der Waals surface area (Å²) in [5, 5.41) is 3.05. The maximum absolute atomic E-state index is 12.0. The SMILES string of the molecule is CC(C)(Cc1ccccc1)NC(=O)/C=C/c1ccccc1. The van der Waals surface area contributed by atoms with E-state index in [1.807, 2.05) is 68.5 Å². The highest BCUT2D eigenvalue weighted by Gasteiger charge is 2.19. The minimum atomic E-state index is -0.278. The van der Waals surface area contributed by atoms with Gasteiger partial charge in [-0.15, -0.1) is 0 Å². The van der Waals surface area contributed by atoms with Gasteiger partial charge >= 0.3 is 0 Å². The average molecular weight is 279 g/mol. The number of rotatable bonds is 5. The van der Waals surface area contributed by atoms with Crippen molar-refractivity contribution in [1.82, 2.24) is 5.32 Å².